The molecule has 0 radical (unpaired) electrons. The van der Waals surface area contributed by atoms with Gasteiger partial charge in [-0.05, 0) is 76.5 Å². The molecule has 1 unspecified atom stereocenters. The number of amides is 11. The highest BCUT2D eigenvalue weighted by Crippen LogP contribution is 2.22. The molecular weight excluding hydrogens is 1010 g/mol. The maximum Gasteiger partial charge on any atom is 0.245 e. The fourth-order valence-corrected chi connectivity index (χ4v) is 9.25. The Morgan fingerprint density at radius 2 is 1.22 bits per heavy atom. The Labute approximate surface area is 459 Å². The van der Waals surface area contributed by atoms with Crippen LogP contribution in [0.2, 0.25) is 0 Å². The van der Waals surface area contributed by atoms with Gasteiger partial charge in [-0.1, -0.05) is 67.7 Å². The summed E-state index contributed by atoms with van der Waals surface area (Å²) in [6.07, 6.45) is 2.36. The van der Waals surface area contributed by atoms with Gasteiger partial charge in [-0.2, -0.15) is 0 Å². The number of likely N-dealkylation sites (N-methyl/N-ethyl adjacent to an activating group) is 2. The number of carbonyl (C=O) groups is 11. The zero-order chi connectivity index (χ0) is 59.0. The number of likely N-dealkylation sites (tertiary alicyclic amines) is 2. The van der Waals surface area contributed by atoms with Crippen molar-refractivity contribution in [1.82, 2.24) is 57.2 Å². The SMILES string of the molecule is CCC[C@H](NC(=O)[C@@H](NC(=O)[C@H](NC(=O)[C@@H](NC(=O)CNC(=O)CN(C)C(=O)C1CCCN(C(C)=O)C1)C(C)C)[C@@H](C)CC)[C@@H](C)O)C(=O)N[C@H](C(=O)N[C@@H](CCCN=C(N)N)C(=O)N1CCC[C@H]1C(=O)NCC)[C@@H](C)CC. The van der Waals surface area contributed by atoms with Crippen LogP contribution >= 0.6 is 0 Å². The highest BCUT2D eigenvalue weighted by atomic mass is 16.3. The molecule has 0 aromatic rings. The van der Waals surface area contributed by atoms with E-state index in [1.807, 2.05) is 6.92 Å². The molecule has 2 heterocycles. The summed E-state index contributed by atoms with van der Waals surface area (Å²) in [5.41, 5.74) is 11.0. The van der Waals surface area contributed by atoms with Gasteiger partial charge < -0.3 is 73.8 Å². The molecule has 2 rings (SSSR count). The number of piperidine rings is 1. The van der Waals surface area contributed by atoms with Crippen LogP contribution in [0.15, 0.2) is 4.99 Å². The molecule has 0 saturated carbocycles. The number of nitrogens with zero attached hydrogens (tertiary/aromatic N) is 4. The van der Waals surface area contributed by atoms with E-state index in [1.165, 1.54) is 30.7 Å². The molecule has 2 aliphatic heterocycles. The number of rotatable bonds is 31. The van der Waals surface area contributed by atoms with E-state index >= 15 is 0 Å². The first kappa shape index (κ1) is 67.5. The minimum Gasteiger partial charge on any atom is -0.391 e. The molecule has 11 atom stereocenters. The van der Waals surface area contributed by atoms with E-state index in [0.29, 0.717) is 71.0 Å². The standard InChI is InChI=1S/C52H92N14O12/c1-12-19-35(44(71)61-41(30(7)13-2)47(74)59-36(21-16-23-56-52(53)54)51(78)66-25-18-22-37(66)45(72)55-15-4)58-49(76)43(32(9)67)63-48(75)42(31(8)14-3)62-46(73)40(29(5)6)60-38(69)26-57-39(70)28-64(11)50(77)34-20-17-24-65(27-34)33(10)68/h29-32,34-37,40-43,67H,12-28H2,1-11H3,(H,55,72)(H,57,70)(H,58,76)(H,59,74)(H,60,69)(H,61,71)(H,62,73)(H,63,75)(H4,53,54,56)/t30-,31-,32+,34?,35-,36-,37-,40-,41-,42+,43-/m0/s1. The van der Waals surface area contributed by atoms with Gasteiger partial charge in [-0.3, -0.25) is 57.7 Å². The van der Waals surface area contributed by atoms with E-state index in [1.54, 1.807) is 53.4 Å². The molecule has 13 N–H and O–H groups in total. The molecule has 26 nitrogen and oxygen atoms in total. The van der Waals surface area contributed by atoms with Crippen LogP contribution in [0.5, 0.6) is 0 Å². The van der Waals surface area contributed by atoms with Crippen molar-refractivity contribution >= 4 is 70.9 Å². The summed E-state index contributed by atoms with van der Waals surface area (Å²) in [5, 5.41) is 32.1. The highest BCUT2D eigenvalue weighted by molar-refractivity contribution is 5.98. The number of carbonyl (C=O) groups excluding carboxylic acids is 11. The third kappa shape index (κ3) is 21.3. The second-order valence-electron chi connectivity index (χ2n) is 21.0. The first-order valence-corrected chi connectivity index (χ1v) is 27.6. The van der Waals surface area contributed by atoms with Crippen LogP contribution in [0.4, 0.5) is 0 Å². The van der Waals surface area contributed by atoms with Crippen LogP contribution in [0, 0.1) is 23.7 Å². The van der Waals surface area contributed by atoms with E-state index in [-0.39, 0.29) is 56.2 Å². The zero-order valence-corrected chi connectivity index (χ0v) is 47.8. The first-order chi connectivity index (χ1) is 36.7. The molecule has 442 valence electrons. The van der Waals surface area contributed by atoms with E-state index < -0.39 is 126 Å². The first-order valence-electron chi connectivity index (χ1n) is 27.6. The predicted molar refractivity (Wildman–Crippen MR) is 291 cm³/mol. The Balaban J connectivity index is 2.21. The average molecular weight is 1110 g/mol. The highest BCUT2D eigenvalue weighted by Gasteiger charge is 2.40. The zero-order valence-electron chi connectivity index (χ0n) is 47.8. The summed E-state index contributed by atoms with van der Waals surface area (Å²) in [6.45, 7) is 17.3. The van der Waals surface area contributed by atoms with Crippen LogP contribution < -0.4 is 54.0 Å². The molecule has 0 aromatic heterocycles. The van der Waals surface area contributed by atoms with Crippen molar-refractivity contribution in [2.24, 2.45) is 40.1 Å². The van der Waals surface area contributed by atoms with Crippen LogP contribution in [-0.2, 0) is 52.7 Å². The van der Waals surface area contributed by atoms with Gasteiger partial charge >= 0.3 is 0 Å². The van der Waals surface area contributed by atoms with Crippen LogP contribution in [0.1, 0.15) is 133 Å². The molecule has 11 amide bonds. The molecule has 78 heavy (non-hydrogen) atoms. The number of aliphatic hydroxyl groups is 1. The number of hydrogen-bond acceptors (Lipinski definition) is 13. The molecular formula is C52H92N14O12. The largest absolute Gasteiger partial charge is 0.391 e. The second-order valence-corrected chi connectivity index (χ2v) is 21.0. The number of aliphatic hydroxyl groups excluding tert-OH is 1. The predicted octanol–water partition coefficient (Wildman–Crippen LogP) is -2.16. The van der Waals surface area contributed by atoms with Crippen LogP contribution in [0.3, 0.4) is 0 Å². The van der Waals surface area contributed by atoms with E-state index in [2.05, 4.69) is 47.5 Å². The molecule has 0 spiro atoms. The second kappa shape index (κ2) is 33.6. The van der Waals surface area contributed by atoms with Crippen molar-refractivity contribution in [3.05, 3.63) is 0 Å². The fraction of sp³-hybridized carbons (Fsp3) is 0.769. The summed E-state index contributed by atoms with van der Waals surface area (Å²) in [7, 11) is 1.46. The van der Waals surface area contributed by atoms with Gasteiger partial charge in [0.15, 0.2) is 5.96 Å². The lowest BCUT2D eigenvalue weighted by atomic mass is 9.95. The number of hydrogen-bond donors (Lipinski definition) is 11. The Bertz CT molecular complexity index is 2100. The molecule has 0 aliphatic carbocycles. The van der Waals surface area contributed by atoms with Gasteiger partial charge in [-0.25, -0.2) is 0 Å². The quantitative estimate of drug-likeness (QED) is 0.0200. The normalized spacial score (nSPS) is 18.7. The minimum absolute atomic E-state index is 0.0752. The maximum absolute atomic E-state index is 14.2. The van der Waals surface area contributed by atoms with Crippen molar-refractivity contribution < 1.29 is 57.8 Å². The molecule has 2 fully saturated rings. The Hall–Kier alpha value is -6.60. The van der Waals surface area contributed by atoms with Gasteiger partial charge in [0.2, 0.25) is 65.0 Å². The van der Waals surface area contributed by atoms with E-state index in [4.69, 9.17) is 11.5 Å². The number of nitrogens with two attached hydrogens (primary N) is 2. The topological polar surface area (TPSA) is 378 Å². The van der Waals surface area contributed by atoms with E-state index in [0.717, 1.165) is 0 Å². The summed E-state index contributed by atoms with van der Waals surface area (Å²) >= 11 is 0. The smallest absolute Gasteiger partial charge is 0.245 e. The van der Waals surface area contributed by atoms with Gasteiger partial charge in [0, 0.05) is 46.7 Å². The van der Waals surface area contributed by atoms with Crippen LogP contribution in [-0.4, -0.2) is 192 Å². The van der Waals surface area contributed by atoms with Crippen molar-refractivity contribution in [3.8, 4) is 0 Å². The lowest BCUT2D eigenvalue weighted by Crippen LogP contribution is -2.63. The number of nitrogens with one attached hydrogen (secondary N) is 8. The third-order valence-electron chi connectivity index (χ3n) is 14.3. The van der Waals surface area contributed by atoms with Crippen molar-refractivity contribution in [3.63, 3.8) is 0 Å². The number of aliphatic imine (C=N–C) groups is 1. The van der Waals surface area contributed by atoms with Gasteiger partial charge in [-0.15, -0.1) is 0 Å². The Kier molecular flexibility index (Phi) is 29.1. The summed E-state index contributed by atoms with van der Waals surface area (Å²) in [6, 6.07) is -8.43. The summed E-state index contributed by atoms with van der Waals surface area (Å²) < 4.78 is 0. The lowest BCUT2D eigenvalue weighted by molar-refractivity contribution is -0.142. The van der Waals surface area contributed by atoms with Gasteiger partial charge in [0.25, 0.3) is 0 Å². The average Bonchev–Trinajstić information content (AvgIpc) is 3.89. The van der Waals surface area contributed by atoms with Gasteiger partial charge in [0.05, 0.1) is 25.1 Å². The van der Waals surface area contributed by atoms with E-state index in [9.17, 15) is 57.8 Å². The fourth-order valence-electron chi connectivity index (χ4n) is 9.25. The Morgan fingerprint density at radius 1 is 0.667 bits per heavy atom. The molecule has 0 bridgehead atoms. The molecule has 0 aromatic carbocycles. The summed E-state index contributed by atoms with van der Waals surface area (Å²) in [5.74, 6) is -8.70. The van der Waals surface area contributed by atoms with Gasteiger partial charge in [0.1, 0.15) is 42.3 Å². The third-order valence-corrected chi connectivity index (χ3v) is 14.3. The summed E-state index contributed by atoms with van der Waals surface area (Å²) in [4.78, 5) is 156. The maximum atomic E-state index is 14.2. The van der Waals surface area contributed by atoms with Crippen LogP contribution in [0.25, 0.3) is 0 Å². The molecule has 2 aliphatic rings. The minimum atomic E-state index is -1.64. The molecule has 2 saturated heterocycles. The Morgan fingerprint density at radius 3 is 1.77 bits per heavy atom. The monoisotopic (exact) mass is 1100 g/mol. The van der Waals surface area contributed by atoms with Crippen molar-refractivity contribution in [2.45, 2.75) is 182 Å². The van der Waals surface area contributed by atoms with Crippen molar-refractivity contribution in [1.29, 1.82) is 0 Å². The molecule has 26 heteroatoms. The number of guanidine groups is 1. The lowest BCUT2D eigenvalue weighted by Gasteiger charge is -2.33. The van der Waals surface area contributed by atoms with Crippen molar-refractivity contribution in [2.75, 3.05) is 52.9 Å².